The van der Waals surface area contributed by atoms with Crippen molar-refractivity contribution in [2.75, 3.05) is 0 Å². The lowest BCUT2D eigenvalue weighted by molar-refractivity contribution is -0.137. The highest BCUT2D eigenvalue weighted by molar-refractivity contribution is 5.94. The Balaban J connectivity index is 2.20. The van der Waals surface area contributed by atoms with Crippen molar-refractivity contribution in [3.05, 3.63) is 69.9 Å². The highest BCUT2D eigenvalue weighted by atomic mass is 19.1. The highest BCUT2D eigenvalue weighted by Gasteiger charge is 2.19. The molecule has 0 aliphatic heterocycles. The molecule has 0 aliphatic rings. The van der Waals surface area contributed by atoms with Crippen LogP contribution in [0.2, 0.25) is 0 Å². The van der Waals surface area contributed by atoms with Crippen LogP contribution >= 0.6 is 0 Å². The molecule has 1 aromatic carbocycles. The predicted octanol–water partition coefficient (Wildman–Crippen LogP) is 1.46. The maximum absolute atomic E-state index is 12.9. The molecule has 3 N–H and O–H groups in total. The number of carbonyl (C=O) groups excluding carboxylic acids is 1. The Morgan fingerprint density at radius 2 is 1.86 bits per heavy atom. The van der Waals surface area contributed by atoms with Crippen LogP contribution in [0.3, 0.4) is 0 Å². The van der Waals surface area contributed by atoms with Crippen LogP contribution in [-0.4, -0.2) is 22.0 Å². The Labute approximate surface area is 124 Å². The summed E-state index contributed by atoms with van der Waals surface area (Å²) in [6.07, 6.45) is 0.890. The van der Waals surface area contributed by atoms with E-state index in [0.29, 0.717) is 5.56 Å². The molecule has 114 valence electrons. The van der Waals surface area contributed by atoms with Crippen LogP contribution < -0.4 is 10.9 Å². The average molecular weight is 304 g/mol. The second kappa shape index (κ2) is 6.66. The summed E-state index contributed by atoms with van der Waals surface area (Å²) in [6, 6.07) is 6.92. The molecule has 1 atom stereocenters. The minimum absolute atomic E-state index is 0.192. The first-order chi connectivity index (χ1) is 10.5. The monoisotopic (exact) mass is 304 g/mol. The zero-order valence-electron chi connectivity index (χ0n) is 11.4. The van der Waals surface area contributed by atoms with Crippen molar-refractivity contribution in [2.24, 2.45) is 0 Å². The minimum atomic E-state index is -1.10. The fourth-order valence-electron chi connectivity index (χ4n) is 1.92. The van der Waals surface area contributed by atoms with Crippen molar-refractivity contribution in [3.63, 3.8) is 0 Å². The zero-order chi connectivity index (χ0) is 16.1. The van der Waals surface area contributed by atoms with E-state index in [1.54, 1.807) is 0 Å². The molecule has 0 saturated heterocycles. The molecule has 0 saturated carbocycles. The van der Waals surface area contributed by atoms with E-state index in [1.807, 2.05) is 0 Å². The third kappa shape index (κ3) is 4.02. The molecule has 0 spiro atoms. The predicted molar refractivity (Wildman–Crippen MR) is 75.9 cm³/mol. The van der Waals surface area contributed by atoms with E-state index in [9.17, 15) is 18.8 Å². The molecule has 0 fully saturated rings. The van der Waals surface area contributed by atoms with Crippen molar-refractivity contribution < 1.29 is 19.1 Å². The van der Waals surface area contributed by atoms with Crippen LogP contribution in [0.5, 0.6) is 0 Å². The lowest BCUT2D eigenvalue weighted by Gasteiger charge is -2.17. The van der Waals surface area contributed by atoms with Crippen LogP contribution in [0.15, 0.2) is 47.4 Å². The third-order valence-corrected chi connectivity index (χ3v) is 3.00. The van der Waals surface area contributed by atoms with Crippen LogP contribution in [0.25, 0.3) is 0 Å². The van der Waals surface area contributed by atoms with Gasteiger partial charge in [0.25, 0.3) is 5.91 Å². The molecule has 0 aliphatic carbocycles. The molecule has 0 bridgehead atoms. The molecule has 0 radical (unpaired) electrons. The maximum Gasteiger partial charge on any atom is 0.305 e. The number of carbonyl (C=O) groups is 2. The normalized spacial score (nSPS) is 11.7. The van der Waals surface area contributed by atoms with Crippen molar-refractivity contribution in [2.45, 2.75) is 12.5 Å². The number of benzene rings is 1. The Morgan fingerprint density at radius 3 is 2.41 bits per heavy atom. The molecule has 1 amide bonds. The summed E-state index contributed by atoms with van der Waals surface area (Å²) in [4.78, 5) is 36.4. The lowest BCUT2D eigenvalue weighted by atomic mass is 10.0. The number of hydrogen-bond donors (Lipinski definition) is 3. The summed E-state index contributed by atoms with van der Waals surface area (Å²) in [5.41, 5.74) is 0.316. The number of hydrogen-bond acceptors (Lipinski definition) is 3. The number of carboxylic acid groups (broad SMARTS) is 1. The van der Waals surface area contributed by atoms with Crippen LogP contribution in [0.1, 0.15) is 28.4 Å². The zero-order valence-corrected chi connectivity index (χ0v) is 11.4. The van der Waals surface area contributed by atoms with Gasteiger partial charge in [0.05, 0.1) is 18.0 Å². The first kappa shape index (κ1) is 15.4. The Kier molecular flexibility index (Phi) is 4.67. The summed E-state index contributed by atoms with van der Waals surface area (Å²) in [6.45, 7) is 0. The topological polar surface area (TPSA) is 99.3 Å². The molecule has 2 rings (SSSR count). The summed E-state index contributed by atoms with van der Waals surface area (Å²) in [7, 11) is 0. The van der Waals surface area contributed by atoms with Gasteiger partial charge in [-0.15, -0.1) is 0 Å². The molecular weight excluding hydrogens is 291 g/mol. The molecule has 22 heavy (non-hydrogen) atoms. The van der Waals surface area contributed by atoms with Gasteiger partial charge in [-0.1, -0.05) is 12.1 Å². The molecule has 2 aromatic rings. The smallest absolute Gasteiger partial charge is 0.305 e. The van der Waals surface area contributed by atoms with E-state index in [4.69, 9.17) is 5.11 Å². The van der Waals surface area contributed by atoms with Gasteiger partial charge in [-0.2, -0.15) is 0 Å². The van der Waals surface area contributed by atoms with E-state index < -0.39 is 23.7 Å². The van der Waals surface area contributed by atoms with Crippen molar-refractivity contribution in [3.8, 4) is 0 Å². The molecule has 1 heterocycles. The van der Waals surface area contributed by atoms with Gasteiger partial charge in [0.2, 0.25) is 5.56 Å². The second-order valence-corrected chi connectivity index (χ2v) is 4.62. The number of H-pyrrole nitrogens is 1. The second-order valence-electron chi connectivity index (χ2n) is 4.62. The minimum Gasteiger partial charge on any atom is -0.481 e. The summed E-state index contributed by atoms with van der Waals surface area (Å²) < 4.78 is 12.9. The van der Waals surface area contributed by atoms with Gasteiger partial charge >= 0.3 is 5.97 Å². The molecular formula is C15H13FN2O4. The highest BCUT2D eigenvalue weighted by Crippen LogP contribution is 2.18. The number of aromatic nitrogens is 1. The van der Waals surface area contributed by atoms with Crippen LogP contribution in [0, 0.1) is 5.82 Å². The number of aromatic amines is 1. The summed E-state index contributed by atoms with van der Waals surface area (Å²) in [5.74, 6) is -2.09. The number of pyridine rings is 1. The van der Waals surface area contributed by atoms with Gasteiger partial charge in [-0.05, 0) is 23.8 Å². The fourth-order valence-corrected chi connectivity index (χ4v) is 1.92. The van der Waals surface area contributed by atoms with E-state index in [-0.39, 0.29) is 17.5 Å². The van der Waals surface area contributed by atoms with Crippen LogP contribution in [0.4, 0.5) is 4.39 Å². The van der Waals surface area contributed by atoms with E-state index in [0.717, 1.165) is 0 Å². The Hall–Kier alpha value is -2.96. The first-order valence-electron chi connectivity index (χ1n) is 6.42. The van der Waals surface area contributed by atoms with Gasteiger partial charge in [-0.25, -0.2) is 4.39 Å². The number of halogens is 1. The number of aliphatic carboxylic acids is 1. The number of amides is 1. The third-order valence-electron chi connectivity index (χ3n) is 3.00. The van der Waals surface area contributed by atoms with E-state index >= 15 is 0 Å². The van der Waals surface area contributed by atoms with Crippen molar-refractivity contribution in [1.29, 1.82) is 0 Å². The van der Waals surface area contributed by atoms with Gasteiger partial charge in [0, 0.05) is 12.3 Å². The molecule has 1 unspecified atom stereocenters. The van der Waals surface area contributed by atoms with E-state index in [2.05, 4.69) is 10.3 Å². The number of rotatable bonds is 5. The quantitative estimate of drug-likeness (QED) is 0.778. The molecule has 1 aromatic heterocycles. The Bertz CT molecular complexity index is 719. The lowest BCUT2D eigenvalue weighted by Crippen LogP contribution is -2.30. The standard InChI is InChI=1S/C15H13FN2O4/c16-11-4-1-9(2-5-11)12(7-14(20)21)18-15(22)10-3-6-13(19)17-8-10/h1-6,8,12H,7H2,(H,17,19)(H,18,22)(H,20,21). The fraction of sp³-hybridized carbons (Fsp3) is 0.133. The van der Waals surface area contributed by atoms with E-state index in [1.165, 1.54) is 42.6 Å². The molecule has 7 heteroatoms. The number of nitrogens with one attached hydrogen (secondary N) is 2. The van der Waals surface area contributed by atoms with Crippen molar-refractivity contribution >= 4 is 11.9 Å². The van der Waals surface area contributed by atoms with Gasteiger partial charge in [0.15, 0.2) is 0 Å². The summed E-state index contributed by atoms with van der Waals surface area (Å²) in [5, 5.41) is 11.5. The first-order valence-corrected chi connectivity index (χ1v) is 6.42. The Morgan fingerprint density at radius 1 is 1.18 bits per heavy atom. The van der Waals surface area contributed by atoms with Gasteiger partial charge in [-0.3, -0.25) is 14.4 Å². The largest absolute Gasteiger partial charge is 0.481 e. The van der Waals surface area contributed by atoms with Crippen molar-refractivity contribution in [1.82, 2.24) is 10.3 Å². The van der Waals surface area contributed by atoms with Gasteiger partial charge < -0.3 is 15.4 Å². The number of carboxylic acids is 1. The average Bonchev–Trinajstić information content (AvgIpc) is 2.47. The summed E-state index contributed by atoms with van der Waals surface area (Å²) >= 11 is 0. The van der Waals surface area contributed by atoms with Gasteiger partial charge in [0.1, 0.15) is 5.82 Å². The maximum atomic E-state index is 12.9. The van der Waals surface area contributed by atoms with Crippen LogP contribution in [-0.2, 0) is 4.79 Å². The SMILES string of the molecule is O=C(O)CC(NC(=O)c1ccc(=O)[nH]c1)c1ccc(F)cc1. The molecule has 6 nitrogen and oxygen atoms in total.